The van der Waals surface area contributed by atoms with Gasteiger partial charge in [0, 0.05) is 30.1 Å². The summed E-state index contributed by atoms with van der Waals surface area (Å²) >= 11 is 0. The third kappa shape index (κ3) is 2.93. The Morgan fingerprint density at radius 3 is 2.81 bits per heavy atom. The van der Waals surface area contributed by atoms with Crippen LogP contribution in [0, 0.1) is 0 Å². The molecule has 3 heterocycles. The molecule has 1 amide bonds. The minimum atomic E-state index is -3.22. The molecule has 142 valence electrons. The molecular weight excluding hydrogens is 364 g/mol. The molecule has 1 aliphatic carbocycles. The summed E-state index contributed by atoms with van der Waals surface area (Å²) in [7, 11) is -3.22. The molecule has 6 nitrogen and oxygen atoms in total. The van der Waals surface area contributed by atoms with Crippen LogP contribution >= 0.6 is 0 Å². The van der Waals surface area contributed by atoms with Crippen LogP contribution in [0.15, 0.2) is 30.3 Å². The number of hydrogen-bond donors (Lipinski definition) is 0. The smallest absolute Gasteiger partial charge is 0.254 e. The van der Waals surface area contributed by atoms with Crippen molar-refractivity contribution >= 4 is 26.6 Å². The summed E-state index contributed by atoms with van der Waals surface area (Å²) in [5, 5.41) is 0.226. The maximum absolute atomic E-state index is 13.5. The van der Waals surface area contributed by atoms with Crippen molar-refractivity contribution in [2.75, 3.05) is 25.5 Å². The number of carbonyl (C=O) groups excluding carboxylic acids is 1. The van der Waals surface area contributed by atoms with Crippen molar-refractivity contribution in [1.29, 1.82) is 0 Å². The number of ether oxygens (including phenoxy) is 1. The van der Waals surface area contributed by atoms with Crippen molar-refractivity contribution in [3.63, 3.8) is 0 Å². The summed E-state index contributed by atoms with van der Waals surface area (Å²) in [6, 6.07) is 9.34. The highest BCUT2D eigenvalue weighted by molar-refractivity contribution is 7.92. The van der Waals surface area contributed by atoms with Gasteiger partial charge in [-0.15, -0.1) is 0 Å². The van der Waals surface area contributed by atoms with Gasteiger partial charge in [0.25, 0.3) is 5.91 Å². The molecule has 27 heavy (non-hydrogen) atoms. The first-order valence-corrected chi connectivity index (χ1v) is 11.3. The minimum Gasteiger partial charge on any atom is -0.380 e. The highest BCUT2D eigenvalue weighted by Gasteiger charge is 2.45. The van der Waals surface area contributed by atoms with Crippen molar-refractivity contribution in [3.8, 4) is 0 Å². The number of rotatable bonds is 2. The number of pyridine rings is 1. The SMILES string of the molecule is O=C(c1cc(C2CC2)nc2ccccc12)N1CCS(=O)(=O)[C@@H]2COCC[C@H]21. The third-order valence-corrected chi connectivity index (χ3v) is 8.09. The second-order valence-electron chi connectivity index (χ2n) is 7.72. The van der Waals surface area contributed by atoms with E-state index < -0.39 is 15.1 Å². The van der Waals surface area contributed by atoms with Gasteiger partial charge >= 0.3 is 0 Å². The fraction of sp³-hybridized carbons (Fsp3) is 0.500. The van der Waals surface area contributed by atoms with Crippen LogP contribution in [0.3, 0.4) is 0 Å². The van der Waals surface area contributed by atoms with E-state index in [4.69, 9.17) is 9.72 Å². The first kappa shape index (κ1) is 17.1. The van der Waals surface area contributed by atoms with E-state index in [1.165, 1.54) is 0 Å². The van der Waals surface area contributed by atoms with E-state index in [9.17, 15) is 13.2 Å². The number of hydrogen-bond acceptors (Lipinski definition) is 5. The number of amides is 1. The second kappa shape index (κ2) is 6.27. The zero-order valence-corrected chi connectivity index (χ0v) is 15.8. The Labute approximate surface area is 158 Å². The zero-order valence-electron chi connectivity index (χ0n) is 15.0. The molecule has 0 unspecified atom stereocenters. The van der Waals surface area contributed by atoms with E-state index in [1.807, 2.05) is 30.3 Å². The van der Waals surface area contributed by atoms with Gasteiger partial charge in [-0.2, -0.15) is 0 Å². The van der Waals surface area contributed by atoms with Crippen LogP contribution in [-0.4, -0.2) is 61.0 Å². The molecule has 0 spiro atoms. The molecule has 5 rings (SSSR count). The number of fused-ring (bicyclic) bond motifs is 2. The standard InChI is InChI=1S/C20H22N2O4S/c23-20(22-8-10-27(24,25)19-12-26-9-7-18(19)22)15-11-17(13-5-6-13)21-16-4-2-1-3-14(15)16/h1-4,11,13,18-19H,5-10,12H2/t18-,19-/m1/s1. The monoisotopic (exact) mass is 386 g/mol. The summed E-state index contributed by atoms with van der Waals surface area (Å²) in [6.07, 6.45) is 2.79. The van der Waals surface area contributed by atoms with Gasteiger partial charge in [0.1, 0.15) is 5.25 Å². The summed E-state index contributed by atoms with van der Waals surface area (Å²) < 4.78 is 30.3. The molecule has 3 aliphatic rings. The molecule has 1 aromatic heterocycles. The molecule has 0 radical (unpaired) electrons. The van der Waals surface area contributed by atoms with Crippen LogP contribution in [0.4, 0.5) is 0 Å². The van der Waals surface area contributed by atoms with Crippen LogP contribution < -0.4 is 0 Å². The molecular formula is C20H22N2O4S. The maximum atomic E-state index is 13.5. The Morgan fingerprint density at radius 2 is 2.00 bits per heavy atom. The number of aromatic nitrogens is 1. The maximum Gasteiger partial charge on any atom is 0.254 e. The topological polar surface area (TPSA) is 76.6 Å². The molecule has 0 bridgehead atoms. The Morgan fingerprint density at radius 1 is 1.19 bits per heavy atom. The molecule has 1 aromatic carbocycles. The number of sulfone groups is 1. The molecule has 2 aromatic rings. The highest BCUT2D eigenvalue weighted by atomic mass is 32.2. The number of carbonyl (C=O) groups is 1. The molecule has 0 N–H and O–H groups in total. The largest absolute Gasteiger partial charge is 0.380 e. The number of benzene rings is 1. The highest BCUT2D eigenvalue weighted by Crippen LogP contribution is 2.40. The van der Waals surface area contributed by atoms with Crippen LogP contribution in [-0.2, 0) is 14.6 Å². The van der Waals surface area contributed by atoms with Gasteiger partial charge in [-0.1, -0.05) is 18.2 Å². The van der Waals surface area contributed by atoms with Gasteiger partial charge in [0.2, 0.25) is 0 Å². The van der Waals surface area contributed by atoms with Crippen molar-refractivity contribution in [2.45, 2.75) is 36.5 Å². The quantitative estimate of drug-likeness (QED) is 0.790. The van der Waals surface area contributed by atoms with Crippen LogP contribution in [0.1, 0.15) is 41.2 Å². The van der Waals surface area contributed by atoms with Gasteiger partial charge in [0.05, 0.1) is 29.5 Å². The van der Waals surface area contributed by atoms with Gasteiger partial charge in [-0.25, -0.2) is 8.42 Å². The van der Waals surface area contributed by atoms with Crippen LogP contribution in [0.5, 0.6) is 0 Å². The lowest BCUT2D eigenvalue weighted by atomic mass is 10.0. The number of nitrogens with zero attached hydrogens (tertiary/aromatic N) is 2. The first-order chi connectivity index (χ1) is 13.0. The average molecular weight is 386 g/mol. The summed E-state index contributed by atoms with van der Waals surface area (Å²) in [5.74, 6) is 0.364. The van der Waals surface area contributed by atoms with E-state index in [1.54, 1.807) is 4.90 Å². The van der Waals surface area contributed by atoms with Crippen LogP contribution in [0.25, 0.3) is 10.9 Å². The Bertz CT molecular complexity index is 1020. The fourth-order valence-corrected chi connectivity index (χ4v) is 6.13. The zero-order chi connectivity index (χ0) is 18.6. The Hall–Kier alpha value is -1.99. The van der Waals surface area contributed by atoms with Gasteiger partial charge < -0.3 is 9.64 Å². The van der Waals surface area contributed by atoms with E-state index in [0.29, 0.717) is 24.5 Å². The lowest BCUT2D eigenvalue weighted by Gasteiger charge is -2.43. The lowest BCUT2D eigenvalue weighted by Crippen LogP contribution is -2.60. The van der Waals surface area contributed by atoms with Crippen molar-refractivity contribution in [1.82, 2.24) is 9.88 Å². The molecule has 2 saturated heterocycles. The van der Waals surface area contributed by atoms with Crippen LogP contribution in [0.2, 0.25) is 0 Å². The first-order valence-electron chi connectivity index (χ1n) is 9.54. The van der Waals surface area contributed by atoms with Gasteiger partial charge in [-0.3, -0.25) is 9.78 Å². The third-order valence-electron chi connectivity index (χ3n) is 5.97. The average Bonchev–Trinajstić information content (AvgIpc) is 3.52. The molecule has 2 aliphatic heterocycles. The van der Waals surface area contributed by atoms with Gasteiger partial charge in [0.15, 0.2) is 9.84 Å². The predicted molar refractivity (Wildman–Crippen MR) is 102 cm³/mol. The van der Waals surface area contributed by atoms with Crippen molar-refractivity contribution < 1.29 is 17.9 Å². The fourth-order valence-electron chi connectivity index (χ4n) is 4.31. The lowest BCUT2D eigenvalue weighted by molar-refractivity contribution is 0.0295. The van der Waals surface area contributed by atoms with Crippen molar-refractivity contribution in [3.05, 3.63) is 41.6 Å². The van der Waals surface area contributed by atoms with E-state index in [2.05, 4.69) is 0 Å². The normalized spacial score (nSPS) is 27.3. The minimum absolute atomic E-state index is 0.00175. The Kier molecular flexibility index (Phi) is 3.98. The molecule has 1 saturated carbocycles. The second-order valence-corrected chi connectivity index (χ2v) is 10.1. The molecule has 2 atom stereocenters. The summed E-state index contributed by atoms with van der Waals surface area (Å²) in [5.41, 5.74) is 2.45. The molecule has 3 fully saturated rings. The van der Waals surface area contributed by atoms with Gasteiger partial charge in [-0.05, 0) is 31.4 Å². The number of para-hydroxylation sites is 1. The Balaban J connectivity index is 1.57. The summed E-state index contributed by atoms with van der Waals surface area (Å²) in [6.45, 7) is 0.920. The summed E-state index contributed by atoms with van der Waals surface area (Å²) in [4.78, 5) is 20.1. The van der Waals surface area contributed by atoms with Crippen molar-refractivity contribution in [2.24, 2.45) is 0 Å². The van der Waals surface area contributed by atoms with E-state index >= 15 is 0 Å². The van der Waals surface area contributed by atoms with E-state index in [0.717, 1.165) is 29.4 Å². The van der Waals surface area contributed by atoms with E-state index in [-0.39, 0.29) is 30.9 Å². The molecule has 7 heteroatoms. The predicted octanol–water partition coefficient (Wildman–Crippen LogP) is 2.14.